The van der Waals surface area contributed by atoms with Crippen LogP contribution in [0.1, 0.15) is 6.92 Å². The van der Waals surface area contributed by atoms with Crippen molar-refractivity contribution in [2.75, 3.05) is 19.5 Å². The van der Waals surface area contributed by atoms with Crippen LogP contribution in [0.15, 0.2) is 42.5 Å². The maximum Gasteiger partial charge on any atom is 0.265 e. The molecule has 1 atom stereocenters. The largest absolute Gasteiger partial charge is 0.497 e. The van der Waals surface area contributed by atoms with Gasteiger partial charge in [-0.1, -0.05) is 6.07 Å². The molecule has 0 aromatic heterocycles. The summed E-state index contributed by atoms with van der Waals surface area (Å²) in [5.74, 6) is 1.57. The zero-order chi connectivity index (χ0) is 16.8. The van der Waals surface area contributed by atoms with E-state index >= 15 is 0 Å². The molecule has 0 bridgehead atoms. The first-order chi connectivity index (χ1) is 11.0. The highest BCUT2D eigenvalue weighted by Crippen LogP contribution is 2.29. The van der Waals surface area contributed by atoms with Crippen LogP contribution in [-0.2, 0) is 4.79 Å². The second-order valence-electron chi connectivity index (χ2n) is 4.77. The van der Waals surface area contributed by atoms with Gasteiger partial charge in [-0.05, 0) is 59.8 Å². The molecule has 0 spiro atoms. The summed E-state index contributed by atoms with van der Waals surface area (Å²) in [4.78, 5) is 12.3. The third-order valence-corrected chi connectivity index (χ3v) is 3.81. The summed E-state index contributed by atoms with van der Waals surface area (Å²) in [6.45, 7) is 1.70. The summed E-state index contributed by atoms with van der Waals surface area (Å²) in [6, 6.07) is 12.7. The predicted molar refractivity (Wildman–Crippen MR) is 97.4 cm³/mol. The first-order valence-corrected chi connectivity index (χ1v) is 8.06. The average Bonchev–Trinajstić information content (AvgIpc) is 2.54. The van der Waals surface area contributed by atoms with Crippen LogP contribution in [0.3, 0.4) is 0 Å². The van der Waals surface area contributed by atoms with Gasteiger partial charge in [-0.2, -0.15) is 0 Å². The molecule has 0 fully saturated rings. The monoisotopic (exact) mass is 427 g/mol. The van der Waals surface area contributed by atoms with Crippen LogP contribution in [0.5, 0.6) is 17.2 Å². The van der Waals surface area contributed by atoms with Gasteiger partial charge in [0.15, 0.2) is 6.10 Å². The van der Waals surface area contributed by atoms with Crippen molar-refractivity contribution in [2.45, 2.75) is 13.0 Å². The van der Waals surface area contributed by atoms with Crippen LogP contribution >= 0.6 is 22.6 Å². The van der Waals surface area contributed by atoms with Crippen LogP contribution in [-0.4, -0.2) is 26.2 Å². The number of rotatable bonds is 6. The molecule has 1 unspecified atom stereocenters. The highest BCUT2D eigenvalue weighted by molar-refractivity contribution is 14.1. The van der Waals surface area contributed by atoms with Crippen LogP contribution in [0.2, 0.25) is 0 Å². The summed E-state index contributed by atoms with van der Waals surface area (Å²) >= 11 is 2.19. The summed E-state index contributed by atoms with van der Waals surface area (Å²) in [5.41, 5.74) is 0.537. The Hall–Kier alpha value is -1.96. The molecule has 0 aliphatic rings. The van der Waals surface area contributed by atoms with Gasteiger partial charge in [-0.25, -0.2) is 0 Å². The number of benzene rings is 2. The van der Waals surface area contributed by atoms with Crippen molar-refractivity contribution < 1.29 is 19.0 Å². The Kier molecular flexibility index (Phi) is 6.09. The smallest absolute Gasteiger partial charge is 0.265 e. The molecule has 0 radical (unpaired) electrons. The summed E-state index contributed by atoms with van der Waals surface area (Å²) in [7, 11) is 3.11. The fraction of sp³-hybridized carbons (Fsp3) is 0.235. The molecule has 2 aromatic rings. The van der Waals surface area contributed by atoms with Gasteiger partial charge in [0, 0.05) is 9.64 Å². The minimum Gasteiger partial charge on any atom is -0.497 e. The number of methoxy groups -OCH3 is 2. The van der Waals surface area contributed by atoms with Gasteiger partial charge < -0.3 is 19.5 Å². The molecule has 0 saturated heterocycles. The number of nitrogens with one attached hydrogen (secondary N) is 1. The van der Waals surface area contributed by atoms with Gasteiger partial charge >= 0.3 is 0 Å². The Labute approximate surface area is 149 Å². The minimum absolute atomic E-state index is 0.268. The van der Waals surface area contributed by atoms with E-state index in [0.717, 1.165) is 3.57 Å². The number of carbonyl (C=O) groups excluding carboxylic acids is 1. The lowest BCUT2D eigenvalue weighted by Crippen LogP contribution is -2.30. The van der Waals surface area contributed by atoms with Crippen molar-refractivity contribution in [3.8, 4) is 17.2 Å². The van der Waals surface area contributed by atoms with Crippen molar-refractivity contribution in [2.24, 2.45) is 0 Å². The van der Waals surface area contributed by atoms with Crippen molar-refractivity contribution >= 4 is 34.2 Å². The highest BCUT2D eigenvalue weighted by Gasteiger charge is 2.17. The third kappa shape index (κ3) is 4.75. The van der Waals surface area contributed by atoms with Gasteiger partial charge in [0.2, 0.25) is 0 Å². The number of hydrogen-bond donors (Lipinski definition) is 1. The molecule has 1 amide bonds. The SMILES string of the molecule is COc1ccc(OC)c(NC(=O)C(C)Oc2cccc(I)c2)c1. The third-order valence-electron chi connectivity index (χ3n) is 3.14. The number of halogens is 1. The fourth-order valence-corrected chi connectivity index (χ4v) is 2.46. The number of carbonyl (C=O) groups is 1. The van der Waals surface area contributed by atoms with Crippen molar-refractivity contribution in [1.82, 2.24) is 0 Å². The Morgan fingerprint density at radius 2 is 1.87 bits per heavy atom. The summed E-state index contributed by atoms with van der Waals surface area (Å²) in [5, 5.41) is 2.80. The van der Waals surface area contributed by atoms with E-state index in [9.17, 15) is 4.79 Å². The molecular formula is C17H18INO4. The lowest BCUT2D eigenvalue weighted by Gasteiger charge is -2.16. The fourth-order valence-electron chi connectivity index (χ4n) is 1.94. The van der Waals surface area contributed by atoms with Crippen LogP contribution in [0.4, 0.5) is 5.69 Å². The highest BCUT2D eigenvalue weighted by atomic mass is 127. The van der Waals surface area contributed by atoms with Gasteiger partial charge in [-0.15, -0.1) is 0 Å². The molecule has 0 saturated carbocycles. The molecule has 2 aromatic carbocycles. The molecule has 0 heterocycles. The van der Waals surface area contributed by atoms with E-state index in [4.69, 9.17) is 14.2 Å². The van der Waals surface area contributed by atoms with Gasteiger partial charge in [0.05, 0.1) is 19.9 Å². The zero-order valence-corrected chi connectivity index (χ0v) is 15.3. The second-order valence-corrected chi connectivity index (χ2v) is 6.02. The topological polar surface area (TPSA) is 56.8 Å². The lowest BCUT2D eigenvalue weighted by molar-refractivity contribution is -0.122. The lowest BCUT2D eigenvalue weighted by atomic mass is 10.2. The first kappa shape index (κ1) is 17.4. The quantitative estimate of drug-likeness (QED) is 0.715. The van der Waals surface area contributed by atoms with E-state index < -0.39 is 6.10 Å². The Bertz CT molecular complexity index is 690. The van der Waals surface area contributed by atoms with Gasteiger partial charge in [0.25, 0.3) is 5.91 Å². The minimum atomic E-state index is -0.649. The summed E-state index contributed by atoms with van der Waals surface area (Å²) in [6.07, 6.45) is -0.649. The first-order valence-electron chi connectivity index (χ1n) is 6.98. The molecule has 0 aliphatic carbocycles. The number of ether oxygens (including phenoxy) is 3. The average molecular weight is 427 g/mol. The van der Waals surface area contributed by atoms with E-state index in [2.05, 4.69) is 27.9 Å². The molecule has 2 rings (SSSR count). The van der Waals surface area contributed by atoms with Crippen molar-refractivity contribution in [1.29, 1.82) is 0 Å². The van der Waals surface area contributed by atoms with E-state index in [0.29, 0.717) is 22.9 Å². The van der Waals surface area contributed by atoms with E-state index in [-0.39, 0.29) is 5.91 Å². The maximum atomic E-state index is 12.3. The van der Waals surface area contributed by atoms with Gasteiger partial charge in [0.1, 0.15) is 17.2 Å². The number of hydrogen-bond acceptors (Lipinski definition) is 4. The van der Waals surface area contributed by atoms with Crippen molar-refractivity contribution in [3.63, 3.8) is 0 Å². The summed E-state index contributed by atoms with van der Waals surface area (Å²) < 4.78 is 17.1. The Morgan fingerprint density at radius 1 is 1.09 bits per heavy atom. The van der Waals surface area contributed by atoms with Crippen molar-refractivity contribution in [3.05, 3.63) is 46.0 Å². The Balaban J connectivity index is 2.09. The molecule has 6 heteroatoms. The van der Waals surface area contributed by atoms with E-state index in [1.807, 2.05) is 24.3 Å². The van der Waals surface area contributed by atoms with Crippen LogP contribution in [0.25, 0.3) is 0 Å². The Morgan fingerprint density at radius 3 is 2.52 bits per heavy atom. The molecular weight excluding hydrogens is 409 g/mol. The zero-order valence-electron chi connectivity index (χ0n) is 13.1. The van der Waals surface area contributed by atoms with Crippen LogP contribution < -0.4 is 19.5 Å². The van der Waals surface area contributed by atoms with E-state index in [1.54, 1.807) is 39.3 Å². The second kappa shape index (κ2) is 8.05. The normalized spacial score (nSPS) is 11.5. The van der Waals surface area contributed by atoms with Gasteiger partial charge in [-0.3, -0.25) is 4.79 Å². The molecule has 122 valence electrons. The number of amides is 1. The standard InChI is InChI=1S/C17H18INO4/c1-11(23-14-6-4-5-12(18)9-14)17(20)19-15-10-13(21-2)7-8-16(15)22-3/h4-11H,1-3H3,(H,19,20). The van der Waals surface area contributed by atoms with E-state index in [1.165, 1.54) is 0 Å². The predicted octanol–water partition coefficient (Wildman–Crippen LogP) is 3.71. The number of anilines is 1. The molecule has 0 aliphatic heterocycles. The maximum absolute atomic E-state index is 12.3. The molecule has 5 nitrogen and oxygen atoms in total. The molecule has 23 heavy (non-hydrogen) atoms. The molecule has 1 N–H and O–H groups in total. The van der Waals surface area contributed by atoms with Crippen LogP contribution in [0, 0.1) is 3.57 Å².